The first-order chi connectivity index (χ1) is 10.6. The van der Waals surface area contributed by atoms with Crippen LogP contribution in [-0.2, 0) is 6.61 Å². The maximum Gasteiger partial charge on any atom is 0.182 e. The van der Waals surface area contributed by atoms with Crippen LogP contribution in [0.25, 0.3) is 5.65 Å². The average Bonchev–Trinajstić information content (AvgIpc) is 2.83. The van der Waals surface area contributed by atoms with Gasteiger partial charge in [-0.25, -0.2) is 4.98 Å². The van der Waals surface area contributed by atoms with Crippen molar-refractivity contribution in [2.45, 2.75) is 27.4 Å². The molecule has 0 bridgehead atoms. The topological polar surface area (TPSA) is 62.2 Å². The molecule has 112 valence electrons. The van der Waals surface area contributed by atoms with Crippen molar-refractivity contribution >= 4 is 17.2 Å². The zero-order valence-electron chi connectivity index (χ0n) is 12.9. The summed E-state index contributed by atoms with van der Waals surface area (Å²) in [4.78, 5) is 4.49. The maximum absolute atomic E-state index is 9.40. The van der Waals surface area contributed by atoms with Crippen LogP contribution in [0.3, 0.4) is 0 Å². The summed E-state index contributed by atoms with van der Waals surface area (Å²) in [5.41, 5.74) is 5.37. The van der Waals surface area contributed by atoms with Gasteiger partial charge in [0.1, 0.15) is 5.65 Å². The highest BCUT2D eigenvalue weighted by Gasteiger charge is 2.11. The van der Waals surface area contributed by atoms with Crippen molar-refractivity contribution in [3.63, 3.8) is 0 Å². The number of imidazole rings is 1. The molecule has 1 N–H and O–H groups in total. The molecular formula is C17H18N4O. The number of fused-ring (bicyclic) bond motifs is 1. The fourth-order valence-electron chi connectivity index (χ4n) is 2.40. The molecule has 0 radical (unpaired) electrons. The number of aromatic nitrogens is 2. The molecule has 0 saturated heterocycles. The molecule has 5 nitrogen and oxygen atoms in total. The number of pyridine rings is 1. The lowest BCUT2D eigenvalue weighted by molar-refractivity contribution is 0.282. The van der Waals surface area contributed by atoms with Gasteiger partial charge in [0, 0.05) is 11.8 Å². The second-order valence-electron chi connectivity index (χ2n) is 5.40. The van der Waals surface area contributed by atoms with Crippen LogP contribution in [0, 0.1) is 20.8 Å². The first kappa shape index (κ1) is 14.4. The van der Waals surface area contributed by atoms with E-state index in [1.165, 1.54) is 0 Å². The minimum atomic E-state index is -0.0473. The molecule has 3 aromatic rings. The number of benzene rings is 1. The Labute approximate surface area is 129 Å². The van der Waals surface area contributed by atoms with Crippen molar-refractivity contribution in [3.8, 4) is 0 Å². The Bertz CT molecular complexity index is 864. The second-order valence-corrected chi connectivity index (χ2v) is 5.40. The van der Waals surface area contributed by atoms with Crippen LogP contribution in [0.2, 0.25) is 0 Å². The lowest BCUT2D eigenvalue weighted by atomic mass is 10.1. The van der Waals surface area contributed by atoms with E-state index in [0.717, 1.165) is 33.7 Å². The fraction of sp³-hybridized carbons (Fsp3) is 0.235. The first-order valence-electron chi connectivity index (χ1n) is 7.16. The first-order valence-corrected chi connectivity index (χ1v) is 7.16. The summed E-state index contributed by atoms with van der Waals surface area (Å²) in [6.07, 6.45) is 1.88. The van der Waals surface area contributed by atoms with Gasteiger partial charge in [-0.1, -0.05) is 18.2 Å². The molecule has 5 heteroatoms. The van der Waals surface area contributed by atoms with Gasteiger partial charge in [-0.15, -0.1) is 10.2 Å². The lowest BCUT2D eigenvalue weighted by Crippen LogP contribution is -1.90. The van der Waals surface area contributed by atoms with E-state index in [4.69, 9.17) is 0 Å². The van der Waals surface area contributed by atoms with Crippen LogP contribution in [0.15, 0.2) is 46.8 Å². The Balaban J connectivity index is 2.09. The van der Waals surface area contributed by atoms with Gasteiger partial charge < -0.3 is 5.11 Å². The van der Waals surface area contributed by atoms with Crippen LogP contribution in [0.4, 0.5) is 11.5 Å². The summed E-state index contributed by atoms with van der Waals surface area (Å²) < 4.78 is 1.86. The van der Waals surface area contributed by atoms with E-state index in [1.807, 2.05) is 55.6 Å². The van der Waals surface area contributed by atoms with E-state index >= 15 is 0 Å². The van der Waals surface area contributed by atoms with E-state index in [1.54, 1.807) is 0 Å². The fourth-order valence-corrected chi connectivity index (χ4v) is 2.40. The summed E-state index contributed by atoms with van der Waals surface area (Å²) in [6, 6.07) is 9.83. The Kier molecular flexibility index (Phi) is 3.73. The predicted octanol–water partition coefficient (Wildman–Crippen LogP) is 4.17. The number of hydrogen-bond donors (Lipinski definition) is 1. The molecule has 0 aliphatic carbocycles. The quantitative estimate of drug-likeness (QED) is 0.737. The Morgan fingerprint density at radius 2 is 1.95 bits per heavy atom. The minimum absolute atomic E-state index is 0.0473. The number of nitrogens with zero attached hydrogens (tertiary/aromatic N) is 4. The largest absolute Gasteiger partial charge is 0.392 e. The molecule has 3 rings (SSSR count). The van der Waals surface area contributed by atoms with Crippen molar-refractivity contribution in [3.05, 3.63) is 58.9 Å². The highest BCUT2D eigenvalue weighted by molar-refractivity contribution is 5.57. The predicted molar refractivity (Wildman–Crippen MR) is 85.9 cm³/mol. The molecule has 2 aromatic heterocycles. The Morgan fingerprint density at radius 1 is 1.14 bits per heavy atom. The molecule has 0 aliphatic rings. The van der Waals surface area contributed by atoms with Gasteiger partial charge in [0.05, 0.1) is 18.0 Å². The number of aliphatic hydroxyl groups is 1. The third kappa shape index (κ3) is 2.51. The molecule has 0 fully saturated rings. The standard InChI is InChI=1S/C17H18N4O/c1-11-6-7-12(2)15(9-11)19-20-16-13(3)18-17-14(10-22)5-4-8-21(16)17/h4-9,22H,10H2,1-3H3. The molecule has 0 spiro atoms. The zero-order chi connectivity index (χ0) is 15.7. The van der Waals surface area contributed by atoms with Gasteiger partial charge >= 0.3 is 0 Å². The maximum atomic E-state index is 9.40. The molecular weight excluding hydrogens is 276 g/mol. The van der Waals surface area contributed by atoms with Crippen molar-refractivity contribution < 1.29 is 5.11 Å². The molecule has 22 heavy (non-hydrogen) atoms. The van der Waals surface area contributed by atoms with Crippen LogP contribution in [0.5, 0.6) is 0 Å². The highest BCUT2D eigenvalue weighted by atomic mass is 16.3. The van der Waals surface area contributed by atoms with Crippen LogP contribution in [-0.4, -0.2) is 14.5 Å². The van der Waals surface area contributed by atoms with Crippen molar-refractivity contribution in [1.29, 1.82) is 0 Å². The summed E-state index contributed by atoms with van der Waals surface area (Å²) in [6.45, 7) is 5.89. The second kappa shape index (κ2) is 5.69. The highest BCUT2D eigenvalue weighted by Crippen LogP contribution is 2.27. The van der Waals surface area contributed by atoms with Crippen LogP contribution in [0.1, 0.15) is 22.4 Å². The van der Waals surface area contributed by atoms with Gasteiger partial charge in [-0.2, -0.15) is 0 Å². The number of hydrogen-bond acceptors (Lipinski definition) is 4. The molecule has 1 aromatic carbocycles. The van der Waals surface area contributed by atoms with Crippen molar-refractivity contribution in [2.75, 3.05) is 0 Å². The summed E-state index contributed by atoms with van der Waals surface area (Å²) in [5, 5.41) is 18.2. The number of aryl methyl sites for hydroxylation is 3. The van der Waals surface area contributed by atoms with Crippen LogP contribution >= 0.6 is 0 Å². The van der Waals surface area contributed by atoms with Gasteiger partial charge in [-0.05, 0) is 44.0 Å². The lowest BCUT2D eigenvalue weighted by Gasteiger charge is -2.01. The van der Waals surface area contributed by atoms with E-state index < -0.39 is 0 Å². The van der Waals surface area contributed by atoms with E-state index in [0.29, 0.717) is 5.82 Å². The smallest absolute Gasteiger partial charge is 0.182 e. The van der Waals surface area contributed by atoms with Crippen molar-refractivity contribution in [1.82, 2.24) is 9.38 Å². The zero-order valence-corrected chi connectivity index (χ0v) is 12.9. The van der Waals surface area contributed by atoms with E-state index in [2.05, 4.69) is 21.3 Å². The number of azo groups is 1. The monoisotopic (exact) mass is 294 g/mol. The minimum Gasteiger partial charge on any atom is -0.392 e. The van der Waals surface area contributed by atoms with Gasteiger partial charge in [0.15, 0.2) is 5.82 Å². The van der Waals surface area contributed by atoms with Gasteiger partial charge in [-0.3, -0.25) is 4.40 Å². The Morgan fingerprint density at radius 3 is 2.73 bits per heavy atom. The normalized spacial score (nSPS) is 11.6. The number of rotatable bonds is 3. The third-order valence-corrected chi connectivity index (χ3v) is 3.66. The molecule has 0 amide bonds. The molecule has 0 unspecified atom stereocenters. The van der Waals surface area contributed by atoms with Gasteiger partial charge in [0.2, 0.25) is 0 Å². The average molecular weight is 294 g/mol. The third-order valence-electron chi connectivity index (χ3n) is 3.66. The molecule has 0 aliphatic heterocycles. The summed E-state index contributed by atoms with van der Waals surface area (Å²) in [5.74, 6) is 0.686. The van der Waals surface area contributed by atoms with Crippen molar-refractivity contribution in [2.24, 2.45) is 10.2 Å². The van der Waals surface area contributed by atoms with E-state index in [-0.39, 0.29) is 6.61 Å². The van der Waals surface area contributed by atoms with Crippen LogP contribution < -0.4 is 0 Å². The SMILES string of the molecule is Cc1ccc(C)c(N=Nc2c(C)nc3c(CO)cccn23)c1. The Hall–Kier alpha value is -2.53. The molecule has 0 saturated carbocycles. The summed E-state index contributed by atoms with van der Waals surface area (Å²) in [7, 11) is 0. The molecule has 0 atom stereocenters. The number of aliphatic hydroxyl groups excluding tert-OH is 1. The molecule has 2 heterocycles. The van der Waals surface area contributed by atoms with E-state index in [9.17, 15) is 5.11 Å². The summed E-state index contributed by atoms with van der Waals surface area (Å²) >= 11 is 0. The van der Waals surface area contributed by atoms with Gasteiger partial charge in [0.25, 0.3) is 0 Å².